The minimum absolute atomic E-state index is 0. The van der Waals surface area contributed by atoms with Crippen molar-refractivity contribution in [3.05, 3.63) is 179 Å². The normalized spacial score (nSPS) is 11.4. The zero-order valence-electron chi connectivity index (χ0n) is 49.5. The average Bonchev–Trinajstić information content (AvgIpc) is 1.64. The van der Waals surface area contributed by atoms with Crippen LogP contribution in [0.3, 0.4) is 0 Å². The van der Waals surface area contributed by atoms with Crippen LogP contribution in [0.1, 0.15) is 126 Å². The lowest BCUT2D eigenvalue weighted by atomic mass is 9.83. The van der Waals surface area contributed by atoms with Crippen LogP contribution in [-0.2, 0) is 11.0 Å². The first-order chi connectivity index (χ1) is 40.3. The van der Waals surface area contributed by atoms with E-state index in [1.165, 1.54) is 44.1 Å². The molecule has 10 rings (SSSR count). The summed E-state index contributed by atoms with van der Waals surface area (Å²) in [6.45, 7) is 18.7. The molecule has 18 nitrogen and oxygen atoms in total. The Labute approximate surface area is 500 Å². The number of ether oxygens (including phenoxy) is 2. The Morgan fingerprint density at radius 2 is 0.988 bits per heavy atom. The van der Waals surface area contributed by atoms with E-state index in [1.54, 1.807) is 68.6 Å². The van der Waals surface area contributed by atoms with E-state index in [2.05, 4.69) is 35.4 Å². The number of aromatic nitrogens is 4. The van der Waals surface area contributed by atoms with Gasteiger partial charge in [0.2, 0.25) is 12.8 Å². The molecule has 0 spiro atoms. The first kappa shape index (κ1) is 64.0. The fourth-order valence-corrected chi connectivity index (χ4v) is 9.32. The number of nitrogens with two attached hydrogens (primary N) is 1. The van der Waals surface area contributed by atoms with Crippen molar-refractivity contribution < 1.29 is 60.4 Å². The number of ketones is 1. The fourth-order valence-electron chi connectivity index (χ4n) is 9.32. The van der Waals surface area contributed by atoms with Crippen molar-refractivity contribution >= 4 is 57.9 Å². The third-order valence-electron chi connectivity index (χ3n) is 13.6. The van der Waals surface area contributed by atoms with Gasteiger partial charge in [0.1, 0.15) is 45.8 Å². The zero-order valence-corrected chi connectivity index (χ0v) is 50.3. The van der Waals surface area contributed by atoms with Crippen molar-refractivity contribution in [2.24, 2.45) is 5.73 Å². The SMILES string of the molecule is CC(C)(N)c1ncon1.CNC(=O)c1c(-c2ccc(F)cc2)oc2cc(OC(C)C)c(-c3ccc(C)c(C(=O)CC(C)(C)c4ncon4)c3)cc12.CNC(=O)c1c(-c2ccc(F)cc2)oc2cc(OC(C)C)c(-c3ccc(C)c(C(=O)O)c3)cc12.Cl. The minimum Gasteiger partial charge on any atom is -0.490 e. The summed E-state index contributed by atoms with van der Waals surface area (Å²) in [5, 5.41) is 23.5. The van der Waals surface area contributed by atoms with Crippen LogP contribution < -0.4 is 25.8 Å². The largest absolute Gasteiger partial charge is 0.490 e. The van der Waals surface area contributed by atoms with Gasteiger partial charge in [-0.25, -0.2) is 13.6 Å². The van der Waals surface area contributed by atoms with Gasteiger partial charge in [-0.2, -0.15) is 9.97 Å². The molecule has 0 atom stereocenters. The quantitative estimate of drug-likeness (QED) is 0.0655. The molecular weight excluding hydrogens is 1130 g/mol. The maximum absolute atomic E-state index is 13.7. The van der Waals surface area contributed by atoms with E-state index >= 15 is 0 Å². The van der Waals surface area contributed by atoms with Crippen molar-refractivity contribution in [2.45, 2.75) is 98.8 Å². The monoisotopic (exact) mass is 1190 g/mol. The van der Waals surface area contributed by atoms with E-state index in [4.69, 9.17) is 28.6 Å². The van der Waals surface area contributed by atoms with E-state index in [-0.39, 0.29) is 54.2 Å². The van der Waals surface area contributed by atoms with Crippen LogP contribution in [0, 0.1) is 25.5 Å². The number of aryl methyl sites for hydroxylation is 2. The minimum atomic E-state index is -1.03. The standard InChI is InChI=1S/C33H32FN3O5.C27H24FNO5.C5H9N3O.ClH/c1-18(2)41-27-15-28-25(29(31(39)35-6)30(42-28)20-9-11-22(34)12-10-20)14-24(27)21-8-7-19(3)23(13-21)26(38)16-33(4,5)32-36-17-40-37-32;1-14(2)33-22-13-23-21(12-20(22)17-6-5-15(3)19(11-17)27(31)32)24(26(30)29-4)25(34-23)16-7-9-18(28)10-8-16;1-5(2,6)4-7-3-9-8-4;/h7-15,17-18H,16H2,1-6H3,(H,35,39);5-14H,1-4H3,(H,29,30)(H,31,32);3H,6H2,1-2H3;1H. The van der Waals surface area contributed by atoms with E-state index in [0.717, 1.165) is 11.1 Å². The molecular formula is C65H66ClF2N7O11. The summed E-state index contributed by atoms with van der Waals surface area (Å²) in [5.41, 5.74) is 12.0. The van der Waals surface area contributed by atoms with Crippen LogP contribution >= 0.6 is 12.4 Å². The number of carboxylic acid groups (broad SMARTS) is 1. The molecule has 6 aromatic carbocycles. The first-order valence-electron chi connectivity index (χ1n) is 27.1. The number of fused-ring (bicyclic) bond motifs is 2. The van der Waals surface area contributed by atoms with Gasteiger partial charge in [0.25, 0.3) is 11.8 Å². The molecule has 0 bridgehead atoms. The molecule has 0 aliphatic rings. The van der Waals surface area contributed by atoms with Crippen LogP contribution in [0.4, 0.5) is 8.78 Å². The molecule has 21 heteroatoms. The summed E-state index contributed by atoms with van der Waals surface area (Å²) in [7, 11) is 3.06. The molecule has 10 aromatic rings. The summed E-state index contributed by atoms with van der Waals surface area (Å²) in [5.74, 6) is 0.0456. The van der Waals surface area contributed by atoms with Crippen molar-refractivity contribution in [1.29, 1.82) is 0 Å². The van der Waals surface area contributed by atoms with Gasteiger partial charge in [0, 0.05) is 76.7 Å². The molecule has 448 valence electrons. The highest BCUT2D eigenvalue weighted by Crippen LogP contribution is 2.44. The van der Waals surface area contributed by atoms with Crippen molar-refractivity contribution in [3.8, 4) is 56.4 Å². The summed E-state index contributed by atoms with van der Waals surface area (Å²) >= 11 is 0. The first-order valence-corrected chi connectivity index (χ1v) is 27.1. The number of aromatic carboxylic acids is 1. The lowest BCUT2D eigenvalue weighted by Crippen LogP contribution is -2.29. The number of carbonyl (C=O) groups excluding carboxylic acids is 3. The Morgan fingerprint density at radius 1 is 0.593 bits per heavy atom. The Bertz CT molecular complexity index is 4060. The molecule has 2 amide bonds. The molecule has 0 radical (unpaired) electrons. The number of rotatable bonds is 16. The number of carboxylic acids is 1. The predicted octanol–water partition coefficient (Wildman–Crippen LogP) is 14.0. The zero-order chi connectivity index (χ0) is 61.7. The van der Waals surface area contributed by atoms with Crippen LogP contribution in [0.5, 0.6) is 11.5 Å². The smallest absolute Gasteiger partial charge is 0.335 e. The van der Waals surface area contributed by atoms with E-state index in [1.807, 2.05) is 92.6 Å². The van der Waals surface area contributed by atoms with Crippen molar-refractivity contribution in [2.75, 3.05) is 14.1 Å². The maximum Gasteiger partial charge on any atom is 0.335 e. The van der Waals surface area contributed by atoms with Gasteiger partial charge in [0.05, 0.1) is 34.4 Å². The Hall–Kier alpha value is -9.53. The van der Waals surface area contributed by atoms with Gasteiger partial charge < -0.3 is 48.8 Å². The Morgan fingerprint density at radius 3 is 1.35 bits per heavy atom. The van der Waals surface area contributed by atoms with Crippen molar-refractivity contribution in [3.63, 3.8) is 0 Å². The molecule has 4 aromatic heterocycles. The number of halogens is 3. The van der Waals surface area contributed by atoms with Crippen LogP contribution in [0.15, 0.2) is 140 Å². The fraction of sp³-hybridized carbons (Fsp3) is 0.262. The number of Topliss-reactive ketones (excluding diaryl/α,β-unsaturated/α-hetero) is 1. The molecule has 0 aliphatic carbocycles. The maximum atomic E-state index is 13.7. The highest BCUT2D eigenvalue weighted by molar-refractivity contribution is 6.13. The second-order valence-electron chi connectivity index (χ2n) is 21.9. The number of nitrogens with one attached hydrogen (secondary N) is 2. The highest BCUT2D eigenvalue weighted by atomic mass is 35.5. The highest BCUT2D eigenvalue weighted by Gasteiger charge is 2.31. The molecule has 0 saturated heterocycles. The molecule has 5 N–H and O–H groups in total. The topological polar surface area (TPSA) is 261 Å². The summed E-state index contributed by atoms with van der Waals surface area (Å²) < 4.78 is 61.1. The molecule has 0 saturated carbocycles. The number of benzene rings is 6. The number of hydrogen-bond acceptors (Lipinski definition) is 15. The molecule has 4 heterocycles. The van der Waals surface area contributed by atoms with Gasteiger partial charge >= 0.3 is 5.97 Å². The third kappa shape index (κ3) is 14.3. The molecule has 0 aliphatic heterocycles. The van der Waals surface area contributed by atoms with Crippen molar-refractivity contribution in [1.82, 2.24) is 30.9 Å². The number of furan rings is 2. The summed E-state index contributed by atoms with van der Waals surface area (Å²) in [4.78, 5) is 59.3. The lowest BCUT2D eigenvalue weighted by Gasteiger charge is -2.20. The third-order valence-corrected chi connectivity index (χ3v) is 13.6. The second-order valence-corrected chi connectivity index (χ2v) is 21.9. The van der Waals surface area contributed by atoms with Gasteiger partial charge in [-0.05, 0) is 150 Å². The Kier molecular flexibility index (Phi) is 19.8. The van der Waals surface area contributed by atoms with E-state index in [0.29, 0.717) is 107 Å². The summed E-state index contributed by atoms with van der Waals surface area (Å²) in [6.07, 6.45) is 2.38. The Balaban J connectivity index is 0.000000215. The lowest BCUT2D eigenvalue weighted by molar-refractivity contribution is 0.0695. The summed E-state index contributed by atoms with van der Waals surface area (Å²) in [6, 6.07) is 29.3. The van der Waals surface area contributed by atoms with E-state index in [9.17, 15) is 33.1 Å². The van der Waals surface area contributed by atoms with Gasteiger partial charge in [-0.3, -0.25) is 14.4 Å². The second kappa shape index (κ2) is 26.6. The van der Waals surface area contributed by atoms with Crippen LogP contribution in [0.2, 0.25) is 0 Å². The van der Waals surface area contributed by atoms with Gasteiger partial charge in [-0.1, -0.05) is 48.4 Å². The van der Waals surface area contributed by atoms with Gasteiger partial charge in [0.15, 0.2) is 17.4 Å². The van der Waals surface area contributed by atoms with Crippen LogP contribution in [0.25, 0.3) is 66.8 Å². The number of amides is 2. The number of carbonyl (C=O) groups is 4. The predicted molar refractivity (Wildman–Crippen MR) is 324 cm³/mol. The molecule has 86 heavy (non-hydrogen) atoms. The molecule has 0 unspecified atom stereocenters. The average molecular weight is 1190 g/mol. The van der Waals surface area contributed by atoms with Gasteiger partial charge in [-0.15, -0.1) is 12.4 Å². The number of hydrogen-bond donors (Lipinski definition) is 4. The van der Waals surface area contributed by atoms with E-state index < -0.39 is 28.6 Å². The van der Waals surface area contributed by atoms with Crippen LogP contribution in [-0.4, -0.2) is 75.3 Å². The number of nitrogens with zero attached hydrogens (tertiary/aromatic N) is 4. The molecule has 0 fully saturated rings.